The van der Waals surface area contributed by atoms with Crippen LogP contribution in [0.4, 0.5) is 4.79 Å². The van der Waals surface area contributed by atoms with Gasteiger partial charge in [0.15, 0.2) is 0 Å². The monoisotopic (exact) mass is 353 g/mol. The predicted molar refractivity (Wildman–Crippen MR) is 90.2 cm³/mol. The van der Waals surface area contributed by atoms with Crippen molar-refractivity contribution < 1.29 is 24.0 Å². The van der Waals surface area contributed by atoms with Gasteiger partial charge in [0, 0.05) is 12.1 Å². The van der Waals surface area contributed by atoms with Crippen LogP contribution in [0, 0.1) is 0 Å². The highest BCUT2D eigenvalue weighted by Crippen LogP contribution is 2.18. The van der Waals surface area contributed by atoms with Crippen molar-refractivity contribution in [3.05, 3.63) is 71.5 Å². The molecule has 132 valence electrons. The molecule has 0 saturated heterocycles. The first kappa shape index (κ1) is 17.2. The van der Waals surface area contributed by atoms with Gasteiger partial charge in [0.1, 0.15) is 6.61 Å². The molecule has 0 saturated carbocycles. The van der Waals surface area contributed by atoms with Crippen LogP contribution < -0.4 is 5.32 Å². The minimum absolute atomic E-state index is 0.0934. The maximum absolute atomic E-state index is 11.8. The van der Waals surface area contributed by atoms with Crippen LogP contribution in [0.2, 0.25) is 0 Å². The number of carboxylic acids is 1. The lowest BCUT2D eigenvalue weighted by Crippen LogP contribution is -2.23. The molecule has 0 spiro atoms. The SMILES string of the molecule is O=C(NCc1cccc(-c2nc(C(=O)O)no2)c1)OCc1ccccc1. The van der Waals surface area contributed by atoms with Crippen LogP contribution in [0.15, 0.2) is 59.1 Å². The van der Waals surface area contributed by atoms with Crippen molar-refractivity contribution in [2.45, 2.75) is 13.2 Å². The summed E-state index contributed by atoms with van der Waals surface area (Å²) in [6, 6.07) is 16.3. The summed E-state index contributed by atoms with van der Waals surface area (Å²) in [5.74, 6) is -1.58. The van der Waals surface area contributed by atoms with E-state index < -0.39 is 17.9 Å². The summed E-state index contributed by atoms with van der Waals surface area (Å²) in [6.07, 6.45) is -0.537. The third kappa shape index (κ3) is 4.44. The van der Waals surface area contributed by atoms with Gasteiger partial charge in [-0.3, -0.25) is 0 Å². The number of carboxylic acid groups (broad SMARTS) is 1. The number of carbonyl (C=O) groups excluding carboxylic acids is 1. The molecule has 2 N–H and O–H groups in total. The van der Waals surface area contributed by atoms with Crippen LogP contribution in [-0.4, -0.2) is 27.3 Å². The number of rotatable bonds is 6. The Bertz CT molecular complexity index is 908. The van der Waals surface area contributed by atoms with E-state index in [9.17, 15) is 9.59 Å². The van der Waals surface area contributed by atoms with Gasteiger partial charge in [-0.1, -0.05) is 42.5 Å². The van der Waals surface area contributed by atoms with Gasteiger partial charge in [0.25, 0.3) is 11.7 Å². The van der Waals surface area contributed by atoms with Gasteiger partial charge in [-0.05, 0) is 28.4 Å². The number of nitrogens with one attached hydrogen (secondary N) is 1. The fourth-order valence-electron chi connectivity index (χ4n) is 2.19. The van der Waals surface area contributed by atoms with Gasteiger partial charge in [-0.2, -0.15) is 4.98 Å². The molecule has 3 aromatic rings. The van der Waals surface area contributed by atoms with Crippen molar-refractivity contribution in [2.75, 3.05) is 0 Å². The molecule has 0 atom stereocenters. The fraction of sp³-hybridized carbons (Fsp3) is 0.111. The highest BCUT2D eigenvalue weighted by Gasteiger charge is 2.14. The van der Waals surface area contributed by atoms with Crippen LogP contribution in [0.1, 0.15) is 21.7 Å². The topological polar surface area (TPSA) is 115 Å². The van der Waals surface area contributed by atoms with E-state index in [1.165, 1.54) is 0 Å². The molecule has 0 aliphatic carbocycles. The van der Waals surface area contributed by atoms with Crippen LogP contribution in [0.25, 0.3) is 11.5 Å². The standard InChI is InChI=1S/C18H15N3O5/c22-17(23)15-20-16(26-21-15)14-8-4-7-13(9-14)10-19-18(24)25-11-12-5-2-1-3-6-12/h1-9H,10-11H2,(H,19,24)(H,22,23). The van der Waals surface area contributed by atoms with Crippen molar-refractivity contribution in [3.8, 4) is 11.5 Å². The van der Waals surface area contributed by atoms with Gasteiger partial charge < -0.3 is 19.7 Å². The molecule has 1 heterocycles. The molecule has 0 aliphatic rings. The maximum Gasteiger partial charge on any atom is 0.407 e. The van der Waals surface area contributed by atoms with E-state index in [4.69, 9.17) is 14.4 Å². The van der Waals surface area contributed by atoms with Gasteiger partial charge in [0.05, 0.1) is 0 Å². The number of hydrogen-bond acceptors (Lipinski definition) is 6. The van der Waals surface area contributed by atoms with Crippen LogP contribution >= 0.6 is 0 Å². The molecular weight excluding hydrogens is 338 g/mol. The van der Waals surface area contributed by atoms with Crippen LogP contribution in [0.5, 0.6) is 0 Å². The molecule has 8 nitrogen and oxygen atoms in total. The average Bonchev–Trinajstić information content (AvgIpc) is 3.16. The number of benzene rings is 2. The van der Waals surface area contributed by atoms with Crippen LogP contribution in [-0.2, 0) is 17.9 Å². The zero-order valence-electron chi connectivity index (χ0n) is 13.6. The van der Waals surface area contributed by atoms with E-state index in [0.717, 1.165) is 11.1 Å². The number of ether oxygens (including phenoxy) is 1. The van der Waals surface area contributed by atoms with Gasteiger partial charge in [0.2, 0.25) is 0 Å². The minimum Gasteiger partial charge on any atom is -0.475 e. The van der Waals surface area contributed by atoms with E-state index >= 15 is 0 Å². The number of amides is 1. The predicted octanol–water partition coefficient (Wildman–Crippen LogP) is 2.86. The first-order chi connectivity index (χ1) is 12.6. The van der Waals surface area contributed by atoms with E-state index in [-0.39, 0.29) is 19.0 Å². The second kappa shape index (κ2) is 7.93. The molecule has 3 rings (SSSR count). The van der Waals surface area contributed by atoms with Crippen LogP contribution in [0.3, 0.4) is 0 Å². The first-order valence-electron chi connectivity index (χ1n) is 7.72. The lowest BCUT2D eigenvalue weighted by atomic mass is 10.1. The quantitative estimate of drug-likeness (QED) is 0.700. The number of carbonyl (C=O) groups is 2. The first-order valence-corrected chi connectivity index (χ1v) is 7.72. The zero-order valence-corrected chi connectivity index (χ0v) is 13.6. The molecule has 0 unspecified atom stereocenters. The highest BCUT2D eigenvalue weighted by atomic mass is 16.5. The molecule has 0 fully saturated rings. The third-order valence-corrected chi connectivity index (χ3v) is 3.44. The minimum atomic E-state index is -1.26. The Labute approximate surface area is 148 Å². The molecular formula is C18H15N3O5. The third-order valence-electron chi connectivity index (χ3n) is 3.44. The van der Waals surface area contributed by atoms with Crippen molar-refractivity contribution in [3.63, 3.8) is 0 Å². The number of aromatic nitrogens is 2. The van der Waals surface area contributed by atoms with Crippen molar-refractivity contribution in [2.24, 2.45) is 0 Å². The molecule has 8 heteroatoms. The Hall–Kier alpha value is -3.68. The van der Waals surface area contributed by atoms with E-state index in [1.807, 2.05) is 30.3 Å². The number of nitrogens with zero attached hydrogens (tertiary/aromatic N) is 2. The lowest BCUT2D eigenvalue weighted by molar-refractivity contribution is 0.0680. The summed E-state index contributed by atoms with van der Waals surface area (Å²) in [5.41, 5.74) is 2.23. The normalized spacial score (nSPS) is 10.3. The maximum atomic E-state index is 11.8. The van der Waals surface area contributed by atoms with Crippen molar-refractivity contribution in [1.82, 2.24) is 15.5 Å². The van der Waals surface area contributed by atoms with Gasteiger partial charge in [-0.15, -0.1) is 0 Å². The largest absolute Gasteiger partial charge is 0.475 e. The Morgan fingerprint density at radius 1 is 1.08 bits per heavy atom. The second-order valence-electron chi connectivity index (χ2n) is 5.34. The van der Waals surface area contributed by atoms with Gasteiger partial charge in [-0.25, -0.2) is 9.59 Å². The lowest BCUT2D eigenvalue weighted by Gasteiger charge is -2.07. The van der Waals surface area contributed by atoms with Gasteiger partial charge >= 0.3 is 12.1 Å². The summed E-state index contributed by atoms with van der Waals surface area (Å²) in [4.78, 5) is 26.4. The van der Waals surface area contributed by atoms with E-state index in [1.54, 1.807) is 24.3 Å². The summed E-state index contributed by atoms with van der Waals surface area (Å²) in [6.45, 7) is 0.425. The van der Waals surface area contributed by atoms with Crippen molar-refractivity contribution in [1.29, 1.82) is 0 Å². The summed E-state index contributed by atoms with van der Waals surface area (Å²) in [5, 5.41) is 14.9. The smallest absolute Gasteiger partial charge is 0.407 e. The number of alkyl carbamates (subject to hydrolysis) is 1. The van der Waals surface area contributed by atoms with E-state index in [0.29, 0.717) is 5.56 Å². The average molecular weight is 353 g/mol. The Morgan fingerprint density at radius 2 is 1.85 bits per heavy atom. The molecule has 0 bridgehead atoms. The molecule has 1 aromatic heterocycles. The zero-order chi connectivity index (χ0) is 18.4. The van der Waals surface area contributed by atoms with Crippen molar-refractivity contribution >= 4 is 12.1 Å². The molecule has 0 aliphatic heterocycles. The fourth-order valence-corrected chi connectivity index (χ4v) is 2.19. The van der Waals surface area contributed by atoms with E-state index in [2.05, 4.69) is 15.5 Å². The summed E-state index contributed by atoms with van der Waals surface area (Å²) < 4.78 is 10.1. The molecule has 1 amide bonds. The molecule has 26 heavy (non-hydrogen) atoms. The highest BCUT2D eigenvalue weighted by molar-refractivity contribution is 5.83. The summed E-state index contributed by atoms with van der Waals surface area (Å²) in [7, 11) is 0. The Kier molecular flexibility index (Phi) is 5.23. The second-order valence-corrected chi connectivity index (χ2v) is 5.34. The Morgan fingerprint density at radius 3 is 2.58 bits per heavy atom. The number of aromatic carboxylic acids is 1. The summed E-state index contributed by atoms with van der Waals surface area (Å²) >= 11 is 0. The Balaban J connectivity index is 1.56. The number of hydrogen-bond donors (Lipinski definition) is 2. The molecule has 2 aromatic carbocycles. The molecule has 0 radical (unpaired) electrons.